The topological polar surface area (TPSA) is 66.9 Å². The molecule has 3 rings (SSSR count). The lowest BCUT2D eigenvalue weighted by Gasteiger charge is -2.38. The third kappa shape index (κ3) is 3.14. The minimum absolute atomic E-state index is 0.0749. The summed E-state index contributed by atoms with van der Waals surface area (Å²) in [5, 5.41) is 0. The number of hydrogen-bond donors (Lipinski definition) is 0. The minimum atomic E-state index is -1.07. The number of nitrogens with zero attached hydrogens (tertiary/aromatic N) is 2. The molecule has 0 spiro atoms. The van der Waals surface area contributed by atoms with Gasteiger partial charge in [0.05, 0.1) is 0 Å². The zero-order valence-electron chi connectivity index (χ0n) is 12.8. The van der Waals surface area contributed by atoms with E-state index in [1.54, 1.807) is 0 Å². The van der Waals surface area contributed by atoms with Crippen molar-refractivity contribution in [3.63, 3.8) is 0 Å². The Balaban J connectivity index is 1.64. The average molecular weight is 338 g/mol. The molecule has 2 fully saturated rings. The number of hydrogen-bond acceptors (Lipinski definition) is 4. The van der Waals surface area contributed by atoms with E-state index in [2.05, 4.69) is 0 Å². The number of benzene rings is 1. The van der Waals surface area contributed by atoms with Crippen molar-refractivity contribution in [2.24, 2.45) is 0 Å². The third-order valence-corrected chi connectivity index (χ3v) is 4.27. The van der Waals surface area contributed by atoms with Crippen molar-refractivity contribution in [2.75, 3.05) is 26.3 Å². The Bertz CT molecular complexity index is 671. The van der Waals surface area contributed by atoms with Crippen LogP contribution in [0, 0.1) is 11.6 Å². The molecule has 0 atom stereocenters. The first kappa shape index (κ1) is 16.5. The number of halogens is 2. The fraction of sp³-hybridized carbons (Fsp3) is 0.438. The summed E-state index contributed by atoms with van der Waals surface area (Å²) in [5.74, 6) is -3.20. The molecule has 2 saturated heterocycles. The molecule has 1 aromatic carbocycles. The Morgan fingerprint density at radius 2 is 1.67 bits per heavy atom. The smallest absolute Gasteiger partial charge is 0.255 e. The second-order valence-corrected chi connectivity index (χ2v) is 5.80. The highest BCUT2D eigenvalue weighted by atomic mass is 19.2. The highest BCUT2D eigenvalue weighted by Gasteiger charge is 2.36. The van der Waals surface area contributed by atoms with Crippen LogP contribution in [-0.2, 0) is 14.3 Å². The summed E-state index contributed by atoms with van der Waals surface area (Å²) in [7, 11) is 0. The number of rotatable bonds is 2. The van der Waals surface area contributed by atoms with E-state index in [0.29, 0.717) is 25.9 Å². The Morgan fingerprint density at radius 1 is 1.04 bits per heavy atom. The third-order valence-electron chi connectivity index (χ3n) is 4.27. The van der Waals surface area contributed by atoms with Gasteiger partial charge in [-0.3, -0.25) is 19.3 Å². The molecule has 0 aliphatic carbocycles. The maximum Gasteiger partial charge on any atom is 0.255 e. The normalized spacial score (nSPS) is 19.8. The predicted octanol–water partition coefficient (Wildman–Crippen LogP) is 0.955. The fourth-order valence-corrected chi connectivity index (χ4v) is 3.05. The summed E-state index contributed by atoms with van der Waals surface area (Å²) >= 11 is 0. The van der Waals surface area contributed by atoms with Crippen LogP contribution in [0.15, 0.2) is 18.2 Å². The Labute approximate surface area is 137 Å². The zero-order chi connectivity index (χ0) is 17.3. The van der Waals surface area contributed by atoms with Gasteiger partial charge in [0.15, 0.2) is 11.6 Å². The van der Waals surface area contributed by atoms with Gasteiger partial charge in [0.25, 0.3) is 17.7 Å². The van der Waals surface area contributed by atoms with Crippen LogP contribution in [0.1, 0.15) is 23.2 Å². The molecule has 0 N–H and O–H groups in total. The van der Waals surface area contributed by atoms with Crippen molar-refractivity contribution in [3.8, 4) is 0 Å². The number of imide groups is 1. The molecule has 2 heterocycles. The molecule has 8 heteroatoms. The minimum Gasteiger partial charge on any atom is -0.362 e. The van der Waals surface area contributed by atoms with E-state index in [1.165, 1.54) is 15.9 Å². The second kappa shape index (κ2) is 6.64. The number of morpholine rings is 1. The number of piperidine rings is 1. The van der Waals surface area contributed by atoms with Gasteiger partial charge in [-0.25, -0.2) is 8.78 Å². The standard InChI is InChI=1S/C16H16F2N2O4/c17-12-2-1-10(7-13(12)18)16(23)19-5-3-11(4-6-19)20-14(21)8-24-9-15(20)22/h1-2,7,11H,3-6,8-9H2. The predicted molar refractivity (Wildman–Crippen MR) is 78.0 cm³/mol. The number of likely N-dealkylation sites (tertiary alicyclic amines) is 1. The van der Waals surface area contributed by atoms with E-state index in [0.717, 1.165) is 12.1 Å². The maximum absolute atomic E-state index is 13.3. The molecule has 0 unspecified atom stereocenters. The molecular formula is C16H16F2N2O4. The van der Waals surface area contributed by atoms with Gasteiger partial charge in [0, 0.05) is 24.7 Å². The van der Waals surface area contributed by atoms with Crippen LogP contribution in [0.25, 0.3) is 0 Å². The van der Waals surface area contributed by atoms with Gasteiger partial charge in [0.2, 0.25) is 0 Å². The number of carbonyl (C=O) groups excluding carboxylic acids is 3. The molecule has 2 aliphatic heterocycles. The van der Waals surface area contributed by atoms with E-state index >= 15 is 0 Å². The van der Waals surface area contributed by atoms with Crippen LogP contribution in [-0.4, -0.2) is 59.9 Å². The van der Waals surface area contributed by atoms with Crippen molar-refractivity contribution in [1.82, 2.24) is 9.80 Å². The summed E-state index contributed by atoms with van der Waals surface area (Å²) < 4.78 is 31.1. The van der Waals surface area contributed by atoms with Crippen molar-refractivity contribution in [2.45, 2.75) is 18.9 Å². The zero-order valence-corrected chi connectivity index (χ0v) is 12.8. The Morgan fingerprint density at radius 3 is 2.25 bits per heavy atom. The lowest BCUT2D eigenvalue weighted by molar-refractivity contribution is -0.162. The SMILES string of the molecule is O=C(c1ccc(F)c(F)c1)N1CCC(N2C(=O)COCC2=O)CC1. The van der Waals surface area contributed by atoms with Gasteiger partial charge in [-0.05, 0) is 31.0 Å². The molecular weight excluding hydrogens is 322 g/mol. The molecule has 24 heavy (non-hydrogen) atoms. The first-order valence-electron chi connectivity index (χ1n) is 7.64. The van der Waals surface area contributed by atoms with Crippen molar-refractivity contribution in [1.29, 1.82) is 0 Å². The molecule has 2 aliphatic rings. The molecule has 0 bridgehead atoms. The number of amides is 3. The molecule has 3 amide bonds. The number of ether oxygens (including phenoxy) is 1. The second-order valence-electron chi connectivity index (χ2n) is 5.80. The van der Waals surface area contributed by atoms with Gasteiger partial charge in [0.1, 0.15) is 13.2 Å². The highest BCUT2D eigenvalue weighted by Crippen LogP contribution is 2.21. The Kier molecular flexibility index (Phi) is 4.57. The summed E-state index contributed by atoms with van der Waals surface area (Å²) in [4.78, 5) is 38.7. The molecule has 0 radical (unpaired) electrons. The van der Waals surface area contributed by atoms with Gasteiger partial charge in [-0.2, -0.15) is 0 Å². The van der Waals surface area contributed by atoms with Gasteiger partial charge in [-0.15, -0.1) is 0 Å². The van der Waals surface area contributed by atoms with Crippen molar-refractivity contribution < 1.29 is 27.9 Å². The van der Waals surface area contributed by atoms with Gasteiger partial charge in [-0.1, -0.05) is 0 Å². The van der Waals surface area contributed by atoms with Gasteiger partial charge < -0.3 is 9.64 Å². The van der Waals surface area contributed by atoms with Crippen molar-refractivity contribution in [3.05, 3.63) is 35.4 Å². The van der Waals surface area contributed by atoms with Crippen LogP contribution in [0.4, 0.5) is 8.78 Å². The van der Waals surface area contributed by atoms with Crippen LogP contribution < -0.4 is 0 Å². The fourth-order valence-electron chi connectivity index (χ4n) is 3.05. The Hall–Kier alpha value is -2.35. The quantitative estimate of drug-likeness (QED) is 0.753. The average Bonchev–Trinajstić information content (AvgIpc) is 2.57. The first-order valence-corrected chi connectivity index (χ1v) is 7.64. The van der Waals surface area contributed by atoms with E-state index in [-0.39, 0.29) is 36.6 Å². The monoisotopic (exact) mass is 338 g/mol. The van der Waals surface area contributed by atoms with Crippen LogP contribution in [0.5, 0.6) is 0 Å². The molecule has 0 saturated carbocycles. The maximum atomic E-state index is 13.3. The summed E-state index contributed by atoms with van der Waals surface area (Å²) in [6, 6.07) is 2.77. The van der Waals surface area contributed by atoms with Crippen LogP contribution in [0.3, 0.4) is 0 Å². The molecule has 6 nitrogen and oxygen atoms in total. The number of carbonyl (C=O) groups is 3. The largest absolute Gasteiger partial charge is 0.362 e. The van der Waals surface area contributed by atoms with E-state index < -0.39 is 17.5 Å². The van der Waals surface area contributed by atoms with E-state index in [4.69, 9.17) is 4.74 Å². The first-order chi connectivity index (χ1) is 11.5. The molecule has 128 valence electrons. The molecule has 0 aromatic heterocycles. The lowest BCUT2D eigenvalue weighted by Crippen LogP contribution is -2.55. The van der Waals surface area contributed by atoms with Crippen LogP contribution >= 0.6 is 0 Å². The van der Waals surface area contributed by atoms with E-state index in [9.17, 15) is 23.2 Å². The summed E-state index contributed by atoms with van der Waals surface area (Å²) in [6.07, 6.45) is 0.903. The highest BCUT2D eigenvalue weighted by molar-refractivity contribution is 5.98. The van der Waals surface area contributed by atoms with Crippen LogP contribution in [0.2, 0.25) is 0 Å². The van der Waals surface area contributed by atoms with Crippen molar-refractivity contribution >= 4 is 17.7 Å². The summed E-state index contributed by atoms with van der Waals surface area (Å²) in [5.41, 5.74) is 0.0749. The summed E-state index contributed by atoms with van der Waals surface area (Å²) in [6.45, 7) is 0.445. The van der Waals surface area contributed by atoms with Gasteiger partial charge >= 0.3 is 0 Å². The molecule has 1 aromatic rings. The lowest BCUT2D eigenvalue weighted by atomic mass is 10.0. The van der Waals surface area contributed by atoms with E-state index in [1.807, 2.05) is 0 Å².